The van der Waals surface area contributed by atoms with Crippen molar-refractivity contribution in [1.82, 2.24) is 4.98 Å². The van der Waals surface area contributed by atoms with Crippen LogP contribution in [0.15, 0.2) is 21.5 Å². The SMILES string of the molecule is C[C@H]1COCC[C@]1(C)c1cc(Br)c[nH]c1=O. The van der Waals surface area contributed by atoms with E-state index in [0.717, 1.165) is 29.7 Å². The van der Waals surface area contributed by atoms with Crippen molar-refractivity contribution in [2.75, 3.05) is 13.2 Å². The van der Waals surface area contributed by atoms with Crippen LogP contribution in [0.4, 0.5) is 0 Å². The molecule has 0 radical (unpaired) electrons. The van der Waals surface area contributed by atoms with Crippen molar-refractivity contribution in [3.8, 4) is 0 Å². The summed E-state index contributed by atoms with van der Waals surface area (Å²) in [6.45, 7) is 5.74. The van der Waals surface area contributed by atoms with Crippen molar-refractivity contribution in [2.45, 2.75) is 25.7 Å². The molecule has 1 aliphatic heterocycles. The van der Waals surface area contributed by atoms with Gasteiger partial charge < -0.3 is 9.72 Å². The van der Waals surface area contributed by atoms with Crippen molar-refractivity contribution in [1.29, 1.82) is 0 Å². The van der Waals surface area contributed by atoms with Crippen LogP contribution in [0.3, 0.4) is 0 Å². The summed E-state index contributed by atoms with van der Waals surface area (Å²) in [6.07, 6.45) is 2.58. The van der Waals surface area contributed by atoms with E-state index >= 15 is 0 Å². The number of nitrogens with one attached hydrogen (secondary N) is 1. The molecule has 16 heavy (non-hydrogen) atoms. The lowest BCUT2D eigenvalue weighted by atomic mass is 9.70. The Kier molecular flexibility index (Phi) is 3.22. The van der Waals surface area contributed by atoms with Gasteiger partial charge in [-0.2, -0.15) is 0 Å². The number of pyridine rings is 1. The van der Waals surface area contributed by atoms with E-state index in [1.807, 2.05) is 6.07 Å². The predicted octanol–water partition coefficient (Wildman–Crippen LogP) is 2.45. The maximum Gasteiger partial charge on any atom is 0.251 e. The van der Waals surface area contributed by atoms with E-state index in [-0.39, 0.29) is 11.0 Å². The van der Waals surface area contributed by atoms with E-state index in [1.165, 1.54) is 0 Å². The molecule has 0 bridgehead atoms. The van der Waals surface area contributed by atoms with Gasteiger partial charge in [0, 0.05) is 34.9 Å². The van der Waals surface area contributed by atoms with E-state index in [0.29, 0.717) is 5.92 Å². The Bertz CT molecular complexity index is 443. The van der Waals surface area contributed by atoms with Gasteiger partial charge in [0.2, 0.25) is 0 Å². The number of H-pyrrole nitrogens is 1. The van der Waals surface area contributed by atoms with E-state index in [4.69, 9.17) is 4.74 Å². The van der Waals surface area contributed by atoms with Gasteiger partial charge in [-0.05, 0) is 34.3 Å². The molecule has 4 heteroatoms. The van der Waals surface area contributed by atoms with Crippen LogP contribution in [0.5, 0.6) is 0 Å². The molecule has 1 saturated heterocycles. The third-order valence-corrected chi connectivity index (χ3v) is 4.16. The first-order valence-corrected chi connectivity index (χ1v) is 6.30. The lowest BCUT2D eigenvalue weighted by Crippen LogP contribution is -2.42. The van der Waals surface area contributed by atoms with Crippen molar-refractivity contribution in [3.05, 3.63) is 32.7 Å². The molecule has 0 aromatic carbocycles. The molecule has 0 saturated carbocycles. The average Bonchev–Trinajstić information content (AvgIpc) is 2.26. The smallest absolute Gasteiger partial charge is 0.251 e. The molecule has 1 fully saturated rings. The first kappa shape index (κ1) is 11.9. The quantitative estimate of drug-likeness (QED) is 0.861. The minimum atomic E-state index is -0.0877. The van der Waals surface area contributed by atoms with Gasteiger partial charge >= 0.3 is 0 Å². The molecule has 1 aliphatic rings. The van der Waals surface area contributed by atoms with E-state index < -0.39 is 0 Å². The van der Waals surface area contributed by atoms with Crippen LogP contribution >= 0.6 is 15.9 Å². The highest BCUT2D eigenvalue weighted by molar-refractivity contribution is 9.10. The van der Waals surface area contributed by atoms with Crippen LogP contribution < -0.4 is 5.56 Å². The third kappa shape index (κ3) is 1.96. The fourth-order valence-corrected chi connectivity index (χ4v) is 2.60. The normalized spacial score (nSPS) is 30.3. The minimum absolute atomic E-state index is 0.0134. The highest BCUT2D eigenvalue weighted by atomic mass is 79.9. The third-order valence-electron chi connectivity index (χ3n) is 3.70. The fourth-order valence-electron chi connectivity index (χ4n) is 2.26. The first-order chi connectivity index (χ1) is 7.54. The second-order valence-corrected chi connectivity index (χ2v) is 5.62. The zero-order chi connectivity index (χ0) is 11.8. The minimum Gasteiger partial charge on any atom is -0.381 e. The van der Waals surface area contributed by atoms with Gasteiger partial charge in [0.25, 0.3) is 5.56 Å². The van der Waals surface area contributed by atoms with Crippen LogP contribution in [0.25, 0.3) is 0 Å². The topological polar surface area (TPSA) is 42.1 Å². The van der Waals surface area contributed by atoms with E-state index in [1.54, 1.807) is 6.20 Å². The van der Waals surface area contributed by atoms with Crippen molar-refractivity contribution in [3.63, 3.8) is 0 Å². The Labute approximate surface area is 103 Å². The van der Waals surface area contributed by atoms with Crippen LogP contribution in [0.1, 0.15) is 25.8 Å². The number of halogens is 1. The Hall–Kier alpha value is -0.610. The second kappa shape index (κ2) is 4.34. The summed E-state index contributed by atoms with van der Waals surface area (Å²) in [5.74, 6) is 0.358. The van der Waals surface area contributed by atoms with Crippen LogP contribution in [0, 0.1) is 5.92 Å². The molecule has 1 aromatic rings. The molecule has 1 aromatic heterocycles. The molecule has 1 N–H and O–H groups in total. The second-order valence-electron chi connectivity index (χ2n) is 4.70. The number of aromatic amines is 1. The number of hydrogen-bond donors (Lipinski definition) is 1. The number of ether oxygens (including phenoxy) is 1. The zero-order valence-corrected chi connectivity index (χ0v) is 11.1. The lowest BCUT2D eigenvalue weighted by molar-refractivity contribution is 0.0120. The van der Waals surface area contributed by atoms with Gasteiger partial charge in [-0.25, -0.2) is 0 Å². The molecule has 0 amide bonds. The largest absolute Gasteiger partial charge is 0.381 e. The molecule has 88 valence electrons. The Morgan fingerprint density at radius 3 is 3.06 bits per heavy atom. The van der Waals surface area contributed by atoms with Gasteiger partial charge in [-0.15, -0.1) is 0 Å². The van der Waals surface area contributed by atoms with Gasteiger partial charge in [-0.1, -0.05) is 13.8 Å². The molecule has 0 aliphatic carbocycles. The van der Waals surface area contributed by atoms with Gasteiger partial charge in [0.05, 0.1) is 0 Å². The standard InChI is InChI=1S/C12H16BrNO2/c1-8-7-16-4-3-12(8,2)10-5-9(13)6-14-11(10)15/h5-6,8H,3-4,7H2,1-2H3,(H,14,15)/t8-,12-/m0/s1. The van der Waals surface area contributed by atoms with Crippen molar-refractivity contribution >= 4 is 15.9 Å². The highest BCUT2D eigenvalue weighted by Crippen LogP contribution is 2.37. The maximum absolute atomic E-state index is 11.9. The van der Waals surface area contributed by atoms with Gasteiger partial charge in [0.15, 0.2) is 0 Å². The molecular weight excluding hydrogens is 270 g/mol. The first-order valence-electron chi connectivity index (χ1n) is 5.50. The van der Waals surface area contributed by atoms with E-state index in [2.05, 4.69) is 34.8 Å². The number of aromatic nitrogens is 1. The van der Waals surface area contributed by atoms with Crippen molar-refractivity contribution < 1.29 is 4.74 Å². The lowest BCUT2D eigenvalue weighted by Gasteiger charge is -2.39. The summed E-state index contributed by atoms with van der Waals surface area (Å²) in [7, 11) is 0. The predicted molar refractivity (Wildman–Crippen MR) is 66.7 cm³/mol. The summed E-state index contributed by atoms with van der Waals surface area (Å²) in [6, 6.07) is 1.93. The molecular formula is C12H16BrNO2. The summed E-state index contributed by atoms with van der Waals surface area (Å²) in [5, 5.41) is 0. The maximum atomic E-state index is 11.9. The molecule has 2 heterocycles. The number of hydrogen-bond acceptors (Lipinski definition) is 2. The molecule has 2 rings (SSSR count). The Morgan fingerprint density at radius 2 is 2.38 bits per heavy atom. The Morgan fingerprint density at radius 1 is 1.62 bits per heavy atom. The van der Waals surface area contributed by atoms with Crippen LogP contribution in [-0.2, 0) is 10.2 Å². The Balaban J connectivity index is 2.48. The summed E-state index contributed by atoms with van der Waals surface area (Å²) >= 11 is 3.41. The molecule has 0 unspecified atom stereocenters. The molecule has 2 atom stereocenters. The monoisotopic (exact) mass is 285 g/mol. The zero-order valence-electron chi connectivity index (χ0n) is 9.55. The summed E-state index contributed by atoms with van der Waals surface area (Å²) in [4.78, 5) is 14.7. The highest BCUT2D eigenvalue weighted by Gasteiger charge is 2.37. The summed E-state index contributed by atoms with van der Waals surface area (Å²) < 4.78 is 6.36. The van der Waals surface area contributed by atoms with Crippen molar-refractivity contribution in [2.24, 2.45) is 5.92 Å². The number of rotatable bonds is 1. The van der Waals surface area contributed by atoms with Gasteiger partial charge in [-0.3, -0.25) is 4.79 Å². The van der Waals surface area contributed by atoms with Crippen LogP contribution in [0.2, 0.25) is 0 Å². The van der Waals surface area contributed by atoms with Gasteiger partial charge in [0.1, 0.15) is 0 Å². The summed E-state index contributed by atoms with van der Waals surface area (Å²) in [5.41, 5.74) is 0.785. The molecule has 0 spiro atoms. The fraction of sp³-hybridized carbons (Fsp3) is 0.583. The van der Waals surface area contributed by atoms with E-state index in [9.17, 15) is 4.79 Å². The average molecular weight is 286 g/mol. The van der Waals surface area contributed by atoms with Crippen LogP contribution in [-0.4, -0.2) is 18.2 Å². The molecule has 3 nitrogen and oxygen atoms in total.